The van der Waals surface area contributed by atoms with Gasteiger partial charge in [0.1, 0.15) is 0 Å². The van der Waals surface area contributed by atoms with Gasteiger partial charge in [-0.25, -0.2) is 14.8 Å². The van der Waals surface area contributed by atoms with Crippen LogP contribution in [0.15, 0.2) is 28.9 Å². The van der Waals surface area contributed by atoms with Crippen LogP contribution in [0.2, 0.25) is 0 Å². The van der Waals surface area contributed by atoms with Crippen LogP contribution in [-0.4, -0.2) is 26.8 Å². The number of aryl methyl sites for hydroxylation is 2. The molecule has 0 aliphatic rings. The van der Waals surface area contributed by atoms with E-state index in [-0.39, 0.29) is 5.56 Å². The van der Waals surface area contributed by atoms with Gasteiger partial charge in [0.2, 0.25) is 0 Å². The van der Waals surface area contributed by atoms with Crippen molar-refractivity contribution in [3.8, 4) is 0 Å². The summed E-state index contributed by atoms with van der Waals surface area (Å²) in [6.07, 6.45) is 2.35. The van der Waals surface area contributed by atoms with Crippen LogP contribution in [0.5, 0.6) is 0 Å². The smallest absolute Gasteiger partial charge is 0.337 e. The molecule has 0 aliphatic heterocycles. The molecule has 0 unspecified atom stereocenters. The number of carboxylic acid groups (broad SMARTS) is 1. The highest BCUT2D eigenvalue weighted by Crippen LogP contribution is 2.20. The number of aromatic carboxylic acids is 1. The molecule has 0 fully saturated rings. The molecule has 0 saturated carbocycles. The fourth-order valence-corrected chi connectivity index (χ4v) is 3.12. The van der Waals surface area contributed by atoms with Gasteiger partial charge in [0.25, 0.3) is 0 Å². The van der Waals surface area contributed by atoms with Gasteiger partial charge in [-0.15, -0.1) is 23.1 Å². The first-order valence-electron chi connectivity index (χ1n) is 5.38. The molecule has 2 rings (SSSR count). The van der Waals surface area contributed by atoms with E-state index in [9.17, 15) is 4.79 Å². The fraction of sp³-hybridized carbons (Fsp3) is 0.250. The second-order valence-corrected chi connectivity index (χ2v) is 5.70. The van der Waals surface area contributed by atoms with E-state index < -0.39 is 5.97 Å². The van der Waals surface area contributed by atoms with Crippen LogP contribution < -0.4 is 0 Å². The SMILES string of the molecule is Cc1ncsc1CCSc1ccc(C(=O)O)cn1. The number of pyridine rings is 1. The van der Waals surface area contributed by atoms with Gasteiger partial charge in [-0.3, -0.25) is 0 Å². The van der Waals surface area contributed by atoms with Gasteiger partial charge in [-0.2, -0.15) is 0 Å². The summed E-state index contributed by atoms with van der Waals surface area (Å²) in [5.74, 6) is -0.0260. The maximum absolute atomic E-state index is 10.7. The maximum Gasteiger partial charge on any atom is 0.337 e. The summed E-state index contributed by atoms with van der Waals surface area (Å²) in [6.45, 7) is 2.01. The molecule has 1 N–H and O–H groups in total. The molecular weight excluding hydrogens is 268 g/mol. The normalized spacial score (nSPS) is 10.5. The Bertz CT molecular complexity index is 537. The Morgan fingerprint density at radius 3 is 2.83 bits per heavy atom. The third kappa shape index (κ3) is 3.30. The Hall–Kier alpha value is -1.40. The zero-order chi connectivity index (χ0) is 13.0. The quantitative estimate of drug-likeness (QED) is 0.853. The van der Waals surface area contributed by atoms with E-state index in [2.05, 4.69) is 9.97 Å². The van der Waals surface area contributed by atoms with E-state index >= 15 is 0 Å². The van der Waals surface area contributed by atoms with Crippen molar-refractivity contribution in [1.29, 1.82) is 0 Å². The van der Waals surface area contributed by atoms with Crippen molar-refractivity contribution in [3.63, 3.8) is 0 Å². The van der Waals surface area contributed by atoms with Crippen LogP contribution in [-0.2, 0) is 6.42 Å². The monoisotopic (exact) mass is 280 g/mol. The lowest BCUT2D eigenvalue weighted by atomic mass is 10.3. The van der Waals surface area contributed by atoms with Crippen molar-refractivity contribution in [2.75, 3.05) is 5.75 Å². The molecule has 4 nitrogen and oxygen atoms in total. The van der Waals surface area contributed by atoms with Crippen molar-refractivity contribution in [2.45, 2.75) is 18.4 Å². The molecule has 2 aromatic rings. The summed E-state index contributed by atoms with van der Waals surface area (Å²) in [7, 11) is 0. The number of nitrogens with zero attached hydrogens (tertiary/aromatic N) is 2. The van der Waals surface area contributed by atoms with Gasteiger partial charge < -0.3 is 5.11 Å². The van der Waals surface area contributed by atoms with E-state index in [0.717, 1.165) is 22.9 Å². The summed E-state index contributed by atoms with van der Waals surface area (Å²) in [5.41, 5.74) is 3.17. The third-order valence-corrected chi connectivity index (χ3v) is 4.35. The second-order valence-electron chi connectivity index (χ2n) is 3.65. The van der Waals surface area contributed by atoms with Gasteiger partial charge >= 0.3 is 5.97 Å². The summed E-state index contributed by atoms with van der Waals surface area (Å²) < 4.78 is 0. The number of carbonyl (C=O) groups is 1. The average Bonchev–Trinajstić information content (AvgIpc) is 2.76. The molecule has 0 bridgehead atoms. The maximum atomic E-state index is 10.7. The second kappa shape index (κ2) is 5.97. The number of thioether (sulfide) groups is 1. The van der Waals surface area contributed by atoms with Crippen LogP contribution in [0.25, 0.3) is 0 Å². The largest absolute Gasteiger partial charge is 0.478 e. The summed E-state index contributed by atoms with van der Waals surface area (Å²) in [6, 6.07) is 3.32. The molecule has 0 amide bonds. The Balaban J connectivity index is 1.87. The molecule has 0 radical (unpaired) electrons. The number of aromatic nitrogens is 2. The lowest BCUT2D eigenvalue weighted by Crippen LogP contribution is -1.97. The Labute approximate surface area is 113 Å². The number of thiazole rings is 1. The van der Waals surface area contributed by atoms with E-state index in [1.807, 2.05) is 12.4 Å². The average molecular weight is 280 g/mol. The molecule has 0 aromatic carbocycles. The molecule has 0 saturated heterocycles. The van der Waals surface area contributed by atoms with Crippen molar-refractivity contribution >= 4 is 29.1 Å². The zero-order valence-corrected chi connectivity index (χ0v) is 11.4. The van der Waals surface area contributed by atoms with Gasteiger partial charge in [0.05, 0.1) is 21.8 Å². The van der Waals surface area contributed by atoms with E-state index in [0.29, 0.717) is 0 Å². The predicted octanol–water partition coefficient (Wildman–Crippen LogP) is 2.88. The highest BCUT2D eigenvalue weighted by Gasteiger charge is 2.05. The zero-order valence-electron chi connectivity index (χ0n) is 9.79. The summed E-state index contributed by atoms with van der Waals surface area (Å²) in [5, 5.41) is 9.60. The third-order valence-electron chi connectivity index (χ3n) is 2.41. The number of hydrogen-bond acceptors (Lipinski definition) is 5. The van der Waals surface area contributed by atoms with Crippen molar-refractivity contribution in [1.82, 2.24) is 9.97 Å². The van der Waals surface area contributed by atoms with Gasteiger partial charge in [0.15, 0.2) is 0 Å². The first kappa shape index (κ1) is 13.0. The van der Waals surface area contributed by atoms with Crippen molar-refractivity contribution in [3.05, 3.63) is 40.0 Å². The standard InChI is InChI=1S/C12H12N2O2S2/c1-8-10(18-7-14-8)4-5-17-11-3-2-9(6-13-11)12(15)16/h2-3,6-7H,4-5H2,1H3,(H,15,16). The fourth-order valence-electron chi connectivity index (χ4n) is 1.41. The van der Waals surface area contributed by atoms with E-state index in [1.165, 1.54) is 11.1 Å². The predicted molar refractivity (Wildman–Crippen MR) is 72.5 cm³/mol. The van der Waals surface area contributed by atoms with E-state index in [1.54, 1.807) is 35.2 Å². The number of hydrogen-bond donors (Lipinski definition) is 1. The lowest BCUT2D eigenvalue weighted by molar-refractivity contribution is 0.0696. The molecule has 2 aromatic heterocycles. The molecule has 0 aliphatic carbocycles. The molecule has 18 heavy (non-hydrogen) atoms. The Morgan fingerprint density at radius 1 is 1.44 bits per heavy atom. The topological polar surface area (TPSA) is 63.1 Å². The number of rotatable bonds is 5. The Kier molecular flexibility index (Phi) is 4.33. The van der Waals surface area contributed by atoms with E-state index in [4.69, 9.17) is 5.11 Å². The van der Waals surface area contributed by atoms with Crippen molar-refractivity contribution in [2.24, 2.45) is 0 Å². The highest BCUT2D eigenvalue weighted by atomic mass is 32.2. The minimum atomic E-state index is -0.945. The van der Waals surface area contributed by atoms with Gasteiger partial charge in [-0.05, 0) is 25.5 Å². The van der Waals surface area contributed by atoms with Gasteiger partial charge in [-0.1, -0.05) is 0 Å². The first-order valence-corrected chi connectivity index (χ1v) is 7.24. The lowest BCUT2D eigenvalue weighted by Gasteiger charge is -2.01. The van der Waals surface area contributed by atoms with Crippen LogP contribution >= 0.6 is 23.1 Å². The molecule has 2 heterocycles. The Morgan fingerprint density at radius 2 is 2.28 bits per heavy atom. The first-order chi connectivity index (χ1) is 8.66. The minimum Gasteiger partial charge on any atom is -0.478 e. The van der Waals surface area contributed by atoms with Crippen molar-refractivity contribution < 1.29 is 9.90 Å². The molecular formula is C12H12N2O2S2. The molecule has 6 heteroatoms. The molecule has 0 atom stereocenters. The van der Waals surface area contributed by atoms with Crippen LogP contribution in [0.1, 0.15) is 20.9 Å². The summed E-state index contributed by atoms with van der Waals surface area (Å²) >= 11 is 3.29. The van der Waals surface area contributed by atoms with Crippen LogP contribution in [0, 0.1) is 6.92 Å². The van der Waals surface area contributed by atoms with Gasteiger partial charge in [0, 0.05) is 16.8 Å². The molecule has 94 valence electrons. The van der Waals surface area contributed by atoms with Crippen LogP contribution in [0.4, 0.5) is 0 Å². The minimum absolute atomic E-state index is 0.220. The number of carboxylic acids is 1. The van der Waals surface area contributed by atoms with Crippen LogP contribution in [0.3, 0.4) is 0 Å². The highest BCUT2D eigenvalue weighted by molar-refractivity contribution is 7.99. The summed E-state index contributed by atoms with van der Waals surface area (Å²) in [4.78, 5) is 20.3. The molecule has 0 spiro atoms.